The standard InChI is InChI=1S/C54H33F3N2O2/c1-32-12-8-17-37-39-19-10-22-46(52(39)60-50(32)37)58(35-13-4-2-5-14-35)44-30-26-33-25-29-42-45(31-27-34-24-28-41(44)48(33)49(34)42)59(36-15-6-3-7-16-36)47-23-11-20-40-38-18-9-21-43(54(55,56)57)51(38)61-53(40)47/h2-31H,1H3. The summed E-state index contributed by atoms with van der Waals surface area (Å²) < 4.78 is 56.0. The van der Waals surface area contributed by atoms with Crippen molar-refractivity contribution in [2.75, 3.05) is 9.80 Å². The molecular weight excluding hydrogens is 766 g/mol. The van der Waals surface area contributed by atoms with Gasteiger partial charge in [0.2, 0.25) is 0 Å². The second-order valence-corrected chi connectivity index (χ2v) is 15.6. The number of para-hydroxylation sites is 6. The zero-order valence-corrected chi connectivity index (χ0v) is 32.7. The first-order valence-corrected chi connectivity index (χ1v) is 20.2. The molecular formula is C54H33F3N2O2. The van der Waals surface area contributed by atoms with Crippen LogP contribution in [0.1, 0.15) is 11.1 Å². The predicted molar refractivity (Wildman–Crippen MR) is 244 cm³/mol. The number of rotatable bonds is 6. The molecule has 0 aliphatic heterocycles. The highest BCUT2D eigenvalue weighted by atomic mass is 19.4. The van der Waals surface area contributed by atoms with Crippen molar-refractivity contribution in [1.82, 2.24) is 0 Å². The first-order valence-electron chi connectivity index (χ1n) is 20.2. The molecule has 4 nitrogen and oxygen atoms in total. The molecule has 12 aromatic rings. The van der Waals surface area contributed by atoms with E-state index in [2.05, 4.69) is 126 Å². The summed E-state index contributed by atoms with van der Waals surface area (Å²) in [5, 5.41) is 9.54. The summed E-state index contributed by atoms with van der Waals surface area (Å²) in [7, 11) is 0. The third kappa shape index (κ3) is 5.26. The molecule has 0 amide bonds. The molecule has 0 saturated heterocycles. The Bertz CT molecular complexity index is 3670. The van der Waals surface area contributed by atoms with Gasteiger partial charge in [0, 0.05) is 43.7 Å². The fourth-order valence-corrected chi connectivity index (χ4v) is 9.46. The van der Waals surface area contributed by atoms with Crippen LogP contribution in [0.15, 0.2) is 191 Å². The number of aryl methyl sites for hydroxylation is 1. The highest BCUT2D eigenvalue weighted by molar-refractivity contribution is 6.28. The number of alkyl halides is 3. The van der Waals surface area contributed by atoms with Gasteiger partial charge in [0.1, 0.15) is 11.2 Å². The molecule has 0 bridgehead atoms. The normalized spacial score (nSPS) is 12.3. The molecule has 0 saturated carbocycles. The number of fused-ring (bicyclic) bond motifs is 6. The minimum atomic E-state index is -4.58. The monoisotopic (exact) mass is 798 g/mol. The molecule has 0 aliphatic carbocycles. The van der Waals surface area contributed by atoms with Gasteiger partial charge < -0.3 is 18.6 Å². The molecule has 61 heavy (non-hydrogen) atoms. The molecule has 12 rings (SSSR count). The van der Waals surface area contributed by atoms with E-state index < -0.39 is 11.7 Å². The van der Waals surface area contributed by atoms with Crippen LogP contribution in [-0.4, -0.2) is 0 Å². The van der Waals surface area contributed by atoms with Gasteiger partial charge in [-0.05, 0) is 88.6 Å². The van der Waals surface area contributed by atoms with E-state index in [1.165, 1.54) is 6.07 Å². The van der Waals surface area contributed by atoms with E-state index in [1.807, 2.05) is 54.6 Å². The number of hydrogen-bond donors (Lipinski definition) is 0. The van der Waals surface area contributed by atoms with Crippen LogP contribution < -0.4 is 9.80 Å². The average Bonchev–Trinajstić information content (AvgIpc) is 3.87. The fourth-order valence-electron chi connectivity index (χ4n) is 9.46. The first-order chi connectivity index (χ1) is 29.8. The van der Waals surface area contributed by atoms with Crippen molar-refractivity contribution in [2.45, 2.75) is 13.1 Å². The summed E-state index contributed by atoms with van der Waals surface area (Å²) in [6.45, 7) is 2.08. The number of anilines is 6. The third-order valence-electron chi connectivity index (χ3n) is 12.1. The second kappa shape index (κ2) is 13.1. The topological polar surface area (TPSA) is 32.8 Å². The highest BCUT2D eigenvalue weighted by Crippen LogP contribution is 2.51. The van der Waals surface area contributed by atoms with Crippen LogP contribution in [-0.2, 0) is 6.18 Å². The van der Waals surface area contributed by atoms with E-state index in [4.69, 9.17) is 8.83 Å². The van der Waals surface area contributed by atoms with E-state index in [0.717, 1.165) is 94.3 Å². The average molecular weight is 799 g/mol. The molecule has 0 spiro atoms. The van der Waals surface area contributed by atoms with Gasteiger partial charge in [0.25, 0.3) is 0 Å². The molecule has 292 valence electrons. The smallest absolute Gasteiger partial charge is 0.420 e. The largest absolute Gasteiger partial charge is 0.454 e. The lowest BCUT2D eigenvalue weighted by molar-refractivity contribution is -0.136. The Balaban J connectivity index is 1.12. The van der Waals surface area contributed by atoms with Crippen molar-refractivity contribution in [3.8, 4) is 0 Å². The molecule has 0 fully saturated rings. The lowest BCUT2D eigenvalue weighted by atomic mass is 9.91. The van der Waals surface area contributed by atoms with E-state index in [-0.39, 0.29) is 5.58 Å². The molecule has 0 radical (unpaired) electrons. The van der Waals surface area contributed by atoms with Crippen LogP contribution >= 0.6 is 0 Å². The van der Waals surface area contributed by atoms with Crippen molar-refractivity contribution in [3.05, 3.63) is 193 Å². The number of furan rings is 2. The van der Waals surface area contributed by atoms with Gasteiger partial charge in [0.15, 0.2) is 11.2 Å². The zero-order chi connectivity index (χ0) is 41.0. The molecule has 2 aromatic heterocycles. The Morgan fingerprint density at radius 1 is 0.361 bits per heavy atom. The van der Waals surface area contributed by atoms with Crippen LogP contribution in [0.25, 0.3) is 76.2 Å². The van der Waals surface area contributed by atoms with Gasteiger partial charge in [-0.15, -0.1) is 0 Å². The van der Waals surface area contributed by atoms with Crippen molar-refractivity contribution in [3.63, 3.8) is 0 Å². The molecule has 7 heteroatoms. The quantitative estimate of drug-likeness (QED) is 0.157. The lowest BCUT2D eigenvalue weighted by Crippen LogP contribution is -2.11. The summed E-state index contributed by atoms with van der Waals surface area (Å²) >= 11 is 0. The Hall–Kier alpha value is -7.77. The van der Waals surface area contributed by atoms with Crippen LogP contribution in [0, 0.1) is 6.92 Å². The number of benzene rings is 10. The second-order valence-electron chi connectivity index (χ2n) is 15.6. The summed E-state index contributed by atoms with van der Waals surface area (Å²) in [5.41, 5.74) is 7.42. The molecule has 0 aliphatic rings. The molecule has 10 aromatic carbocycles. The van der Waals surface area contributed by atoms with E-state index >= 15 is 0 Å². The van der Waals surface area contributed by atoms with Crippen LogP contribution in [0.3, 0.4) is 0 Å². The Kier molecular flexibility index (Phi) is 7.57. The molecule has 0 atom stereocenters. The zero-order valence-electron chi connectivity index (χ0n) is 32.7. The fraction of sp³-hybridized carbons (Fsp3) is 0.0370. The maximum atomic E-state index is 14.3. The van der Waals surface area contributed by atoms with Crippen LogP contribution in [0.4, 0.5) is 47.3 Å². The van der Waals surface area contributed by atoms with E-state index in [9.17, 15) is 13.2 Å². The van der Waals surface area contributed by atoms with Crippen LogP contribution in [0.5, 0.6) is 0 Å². The summed E-state index contributed by atoms with van der Waals surface area (Å²) in [4.78, 5) is 4.39. The molecule has 0 N–H and O–H groups in total. The number of hydrogen-bond acceptors (Lipinski definition) is 4. The third-order valence-corrected chi connectivity index (χ3v) is 12.1. The van der Waals surface area contributed by atoms with Gasteiger partial charge in [0.05, 0.1) is 28.3 Å². The predicted octanol–water partition coefficient (Wildman–Crippen LogP) is 16.6. The van der Waals surface area contributed by atoms with Gasteiger partial charge in [-0.1, -0.05) is 127 Å². The highest BCUT2D eigenvalue weighted by Gasteiger charge is 2.35. The molecule has 0 unspecified atom stereocenters. The SMILES string of the molecule is Cc1cccc2c1oc1c(N(c3ccccc3)c3ccc4ccc5c(N(c6ccccc6)c6cccc7c6oc6c(C(F)(F)F)cccc67)ccc6ccc3c4c65)cccc12. The Morgan fingerprint density at radius 3 is 1.30 bits per heavy atom. The van der Waals surface area contributed by atoms with Gasteiger partial charge >= 0.3 is 6.18 Å². The van der Waals surface area contributed by atoms with Gasteiger partial charge in [-0.2, -0.15) is 13.2 Å². The Morgan fingerprint density at radius 2 is 0.787 bits per heavy atom. The first kappa shape index (κ1) is 35.2. The summed E-state index contributed by atoms with van der Waals surface area (Å²) in [6, 6.07) is 60.0. The maximum absolute atomic E-state index is 14.3. The van der Waals surface area contributed by atoms with Crippen molar-refractivity contribution >= 4 is 110 Å². The van der Waals surface area contributed by atoms with Crippen molar-refractivity contribution in [1.29, 1.82) is 0 Å². The van der Waals surface area contributed by atoms with Crippen molar-refractivity contribution in [2.24, 2.45) is 0 Å². The number of halogens is 3. The van der Waals surface area contributed by atoms with Crippen LogP contribution in [0.2, 0.25) is 0 Å². The Labute approximate surface area is 347 Å². The van der Waals surface area contributed by atoms with Gasteiger partial charge in [-0.25, -0.2) is 0 Å². The van der Waals surface area contributed by atoms with E-state index in [1.54, 1.807) is 6.07 Å². The van der Waals surface area contributed by atoms with E-state index in [0.29, 0.717) is 22.0 Å². The van der Waals surface area contributed by atoms with Gasteiger partial charge in [-0.3, -0.25) is 0 Å². The maximum Gasteiger partial charge on any atom is 0.420 e. The summed E-state index contributed by atoms with van der Waals surface area (Å²) in [6.07, 6.45) is -4.58. The number of nitrogens with zero attached hydrogens (tertiary/aromatic N) is 2. The van der Waals surface area contributed by atoms with Crippen molar-refractivity contribution < 1.29 is 22.0 Å². The lowest BCUT2D eigenvalue weighted by Gasteiger charge is -2.29. The summed E-state index contributed by atoms with van der Waals surface area (Å²) in [5.74, 6) is 0. The minimum Gasteiger partial charge on any atom is -0.454 e. The molecule has 2 heterocycles. The minimum absolute atomic E-state index is 0.176.